The molecule has 0 aliphatic heterocycles. The van der Waals surface area contributed by atoms with Crippen LogP contribution in [0.15, 0.2) is 72.8 Å². The van der Waals surface area contributed by atoms with Crippen LogP contribution < -0.4 is 0 Å². The number of carbonyl (C=O) groups excluding carboxylic acids is 1. The average molecular weight is 342 g/mol. The Bertz CT molecular complexity index is 876. The lowest BCUT2D eigenvalue weighted by atomic mass is 10.0. The molecule has 3 aromatic carbocycles. The van der Waals surface area contributed by atoms with E-state index in [0.717, 1.165) is 6.42 Å². The maximum absolute atomic E-state index is 10.4. The largest absolute Gasteiger partial charge is 0.295 e. The highest BCUT2D eigenvalue weighted by Crippen LogP contribution is 2.46. The van der Waals surface area contributed by atoms with Crippen LogP contribution in [0.1, 0.15) is 39.5 Å². The van der Waals surface area contributed by atoms with Crippen LogP contribution in [0.5, 0.6) is 0 Å². The molecule has 0 unspecified atom stereocenters. The van der Waals surface area contributed by atoms with Crippen molar-refractivity contribution in [1.82, 2.24) is 0 Å². The second-order valence-corrected chi connectivity index (χ2v) is 6.76. The fourth-order valence-corrected chi connectivity index (χ4v) is 3.50. The summed E-state index contributed by atoms with van der Waals surface area (Å²) in [6, 6.07) is 21.8. The predicted molar refractivity (Wildman–Crippen MR) is 112 cm³/mol. The molecule has 4 rings (SSSR count). The number of fused-ring (bicyclic) bond motifs is 3. The maximum atomic E-state index is 10.4. The third-order valence-corrected chi connectivity index (χ3v) is 4.74. The monoisotopic (exact) mass is 342 g/mol. The van der Waals surface area contributed by atoms with Crippen molar-refractivity contribution in [2.24, 2.45) is 0 Å². The molecule has 0 spiro atoms. The first-order valence-electron chi connectivity index (χ1n) is 9.51. The van der Waals surface area contributed by atoms with Gasteiger partial charge in [0.05, 0.1) is 0 Å². The first-order valence-corrected chi connectivity index (χ1v) is 9.51. The molecule has 0 saturated heterocycles. The Hall–Kier alpha value is -2.67. The van der Waals surface area contributed by atoms with Crippen molar-refractivity contribution in [2.45, 2.75) is 39.5 Å². The Labute approximate surface area is 156 Å². The number of hydrogen-bond acceptors (Lipinski definition) is 1. The molecule has 0 radical (unpaired) electrons. The molecule has 3 aromatic rings. The molecule has 26 heavy (non-hydrogen) atoms. The molecule has 0 N–H and O–H groups in total. The van der Waals surface area contributed by atoms with Gasteiger partial charge in [0.25, 0.3) is 0 Å². The molecule has 0 aromatic heterocycles. The van der Waals surface area contributed by atoms with E-state index in [4.69, 9.17) is 0 Å². The van der Waals surface area contributed by atoms with Gasteiger partial charge in [-0.15, -0.1) is 0 Å². The second-order valence-electron chi connectivity index (χ2n) is 6.76. The Morgan fingerprint density at radius 2 is 1.38 bits per heavy atom. The Balaban J connectivity index is 0.000000172. The summed E-state index contributed by atoms with van der Waals surface area (Å²) in [4.78, 5) is 10.4. The first-order chi connectivity index (χ1) is 12.7. The maximum Gasteiger partial charge on any atom is 0.152 e. The summed E-state index contributed by atoms with van der Waals surface area (Å²) in [5, 5.41) is 2.75. The normalized spacial score (nSPS) is 11.3. The van der Waals surface area contributed by atoms with Crippen LogP contribution in [-0.4, -0.2) is 5.78 Å². The number of rotatable bonds is 5. The van der Waals surface area contributed by atoms with Gasteiger partial charge in [0.15, 0.2) is 5.78 Å². The van der Waals surface area contributed by atoms with Crippen molar-refractivity contribution < 1.29 is 4.79 Å². The molecule has 0 heterocycles. The number of hydrogen-bond donors (Lipinski definition) is 0. The summed E-state index contributed by atoms with van der Waals surface area (Å²) in [5.41, 5.74) is 5.50. The molecule has 132 valence electrons. The van der Waals surface area contributed by atoms with Crippen molar-refractivity contribution in [2.75, 3.05) is 0 Å². The van der Waals surface area contributed by atoms with Gasteiger partial charge in [-0.25, -0.2) is 0 Å². The van der Waals surface area contributed by atoms with Crippen molar-refractivity contribution in [3.8, 4) is 22.3 Å². The van der Waals surface area contributed by atoms with Crippen LogP contribution in [0.4, 0.5) is 0 Å². The summed E-state index contributed by atoms with van der Waals surface area (Å²) in [7, 11) is 0. The molecule has 0 fully saturated rings. The Kier molecular flexibility index (Phi) is 6.01. The molecule has 1 aliphatic rings. The third-order valence-electron chi connectivity index (χ3n) is 4.74. The van der Waals surface area contributed by atoms with Crippen molar-refractivity contribution >= 4 is 16.6 Å². The quantitative estimate of drug-likeness (QED) is 0.277. The fraction of sp³-hybridized carbons (Fsp3) is 0.240. The van der Waals surface area contributed by atoms with Crippen LogP contribution in [0, 0.1) is 0 Å². The van der Waals surface area contributed by atoms with Gasteiger partial charge < -0.3 is 0 Å². The molecule has 1 aliphatic carbocycles. The summed E-state index contributed by atoms with van der Waals surface area (Å²) >= 11 is 0. The smallest absolute Gasteiger partial charge is 0.152 e. The summed E-state index contributed by atoms with van der Waals surface area (Å²) in [6.07, 6.45) is 8.37. The fourth-order valence-electron chi connectivity index (χ4n) is 3.50. The van der Waals surface area contributed by atoms with Gasteiger partial charge >= 0.3 is 0 Å². The standard InChI is InChI=1S/C16H10.C9H16O/c1-2-8-13-12(7-1)14-9-3-5-11-6-4-10-15(13)16(11)14;1-3-4-5-6-7-8-9(2)10/h1-10H;7-8H,3-6H2,1-2H3. The number of allylic oxidation sites excluding steroid dienone is 2. The molecular formula is C25H26O. The van der Waals surface area contributed by atoms with Gasteiger partial charge in [0, 0.05) is 0 Å². The van der Waals surface area contributed by atoms with Gasteiger partial charge in [0.2, 0.25) is 0 Å². The number of unbranched alkanes of at least 4 members (excludes halogenated alkanes) is 3. The highest BCUT2D eigenvalue weighted by molar-refractivity contribution is 6.15. The van der Waals surface area contributed by atoms with E-state index in [0.29, 0.717) is 0 Å². The molecule has 1 nitrogen and oxygen atoms in total. The lowest BCUT2D eigenvalue weighted by molar-refractivity contribution is -0.112. The summed E-state index contributed by atoms with van der Waals surface area (Å²) in [5.74, 6) is 0.150. The molecule has 0 bridgehead atoms. The predicted octanol–water partition coefficient (Wildman–Crippen LogP) is 7.20. The number of benzene rings is 3. The van der Waals surface area contributed by atoms with E-state index in [1.807, 2.05) is 6.08 Å². The lowest BCUT2D eigenvalue weighted by Crippen LogP contribution is -1.79. The Morgan fingerprint density at radius 1 is 0.808 bits per heavy atom. The van der Waals surface area contributed by atoms with E-state index in [1.54, 1.807) is 13.0 Å². The van der Waals surface area contributed by atoms with Crippen LogP contribution >= 0.6 is 0 Å². The molecular weight excluding hydrogens is 316 g/mol. The van der Waals surface area contributed by atoms with Gasteiger partial charge in [-0.05, 0) is 58.9 Å². The van der Waals surface area contributed by atoms with Crippen molar-refractivity contribution in [3.05, 3.63) is 72.8 Å². The van der Waals surface area contributed by atoms with Gasteiger partial charge in [-0.1, -0.05) is 86.5 Å². The highest BCUT2D eigenvalue weighted by atomic mass is 16.1. The molecule has 0 amide bonds. The summed E-state index contributed by atoms with van der Waals surface area (Å²) < 4.78 is 0. The second kappa shape index (κ2) is 8.62. The van der Waals surface area contributed by atoms with E-state index >= 15 is 0 Å². The minimum Gasteiger partial charge on any atom is -0.295 e. The van der Waals surface area contributed by atoms with Gasteiger partial charge in [-0.2, -0.15) is 0 Å². The average Bonchev–Trinajstić information content (AvgIpc) is 2.99. The topological polar surface area (TPSA) is 17.1 Å². The van der Waals surface area contributed by atoms with Crippen molar-refractivity contribution in [3.63, 3.8) is 0 Å². The Morgan fingerprint density at radius 3 is 1.92 bits per heavy atom. The molecule has 1 heteroatoms. The van der Waals surface area contributed by atoms with Crippen molar-refractivity contribution in [1.29, 1.82) is 0 Å². The molecule has 0 saturated carbocycles. The van der Waals surface area contributed by atoms with Crippen LogP contribution in [0.3, 0.4) is 0 Å². The molecule has 0 atom stereocenters. The SMILES string of the molecule is CCCCCC=CC(C)=O.c1ccc2c(c1)-c1cccc3cccc-2c13. The van der Waals surface area contributed by atoms with E-state index < -0.39 is 0 Å². The van der Waals surface area contributed by atoms with Crippen LogP contribution in [-0.2, 0) is 4.79 Å². The number of carbonyl (C=O) groups is 1. The van der Waals surface area contributed by atoms with E-state index in [-0.39, 0.29) is 5.78 Å². The van der Waals surface area contributed by atoms with Gasteiger partial charge in [-0.3, -0.25) is 4.79 Å². The van der Waals surface area contributed by atoms with E-state index in [2.05, 4.69) is 67.6 Å². The van der Waals surface area contributed by atoms with Crippen LogP contribution in [0.25, 0.3) is 33.0 Å². The first kappa shape index (κ1) is 18.1. The lowest BCUT2D eigenvalue weighted by Gasteiger charge is -2.00. The number of ketones is 1. The third kappa shape index (κ3) is 3.94. The van der Waals surface area contributed by atoms with E-state index in [1.165, 1.54) is 52.3 Å². The zero-order valence-corrected chi connectivity index (χ0v) is 15.7. The zero-order valence-electron chi connectivity index (χ0n) is 15.7. The minimum absolute atomic E-state index is 0.150. The van der Waals surface area contributed by atoms with E-state index in [9.17, 15) is 4.79 Å². The zero-order chi connectivity index (χ0) is 18.4. The summed E-state index contributed by atoms with van der Waals surface area (Å²) in [6.45, 7) is 3.75. The highest BCUT2D eigenvalue weighted by Gasteiger charge is 2.19. The van der Waals surface area contributed by atoms with Gasteiger partial charge in [0.1, 0.15) is 0 Å². The minimum atomic E-state index is 0.150. The van der Waals surface area contributed by atoms with Crippen LogP contribution in [0.2, 0.25) is 0 Å².